The molecule has 0 aliphatic rings. The molecule has 9 nitrogen and oxygen atoms in total. The first-order valence-corrected chi connectivity index (χ1v) is 4.82. The fraction of sp³-hybridized carbons (Fsp3) is 0.800. The van der Waals surface area contributed by atoms with E-state index >= 15 is 0 Å². The summed E-state index contributed by atoms with van der Waals surface area (Å²) in [5, 5.41) is 16.2. The molecule has 1 aromatic rings. The van der Waals surface area contributed by atoms with Crippen molar-refractivity contribution < 1.29 is 13.9 Å². The van der Waals surface area contributed by atoms with Gasteiger partial charge in [0.25, 0.3) is 0 Å². The number of thiol groups is 1. The standard InChI is InChI=1S/C3H7NO.C2H4N4.C2H7NO2S.3CH4/c1-3(5)4-2;1-2-3-5-6-4-2;1-3(4-2)5-6;;;/h1-2H3,(H,4,5);1H3,(H,3,4,5,6);6H,1-2H3;3*1H4. The van der Waals surface area contributed by atoms with Crippen LogP contribution in [0, 0.1) is 6.92 Å². The van der Waals surface area contributed by atoms with E-state index in [4.69, 9.17) is 0 Å². The number of hydrogen-bond acceptors (Lipinski definition) is 8. The van der Waals surface area contributed by atoms with E-state index in [2.05, 4.69) is 48.0 Å². The quantitative estimate of drug-likeness (QED) is 0.431. The summed E-state index contributed by atoms with van der Waals surface area (Å²) < 4.78 is 4.20. The zero-order valence-corrected chi connectivity index (χ0v) is 11.4. The van der Waals surface area contributed by atoms with Crippen molar-refractivity contribution in [3.8, 4) is 0 Å². The highest BCUT2D eigenvalue weighted by atomic mass is 32.1. The molecule has 20 heavy (non-hydrogen) atoms. The third-order valence-electron chi connectivity index (χ3n) is 1.18. The van der Waals surface area contributed by atoms with E-state index in [9.17, 15) is 4.79 Å². The third-order valence-corrected chi connectivity index (χ3v) is 1.41. The van der Waals surface area contributed by atoms with Gasteiger partial charge in [0, 0.05) is 33.9 Å². The number of rotatable bonds is 2. The largest absolute Gasteiger partial charge is 0.359 e. The van der Waals surface area contributed by atoms with Crippen molar-refractivity contribution in [1.29, 1.82) is 0 Å². The van der Waals surface area contributed by atoms with Gasteiger partial charge in [-0.25, -0.2) is 4.28 Å². The molecular formula is C10H30N6O3S. The van der Waals surface area contributed by atoms with Crippen molar-refractivity contribution in [3.05, 3.63) is 5.82 Å². The molecule has 1 rings (SSSR count). The van der Waals surface area contributed by atoms with Crippen LogP contribution in [0.4, 0.5) is 0 Å². The maximum absolute atomic E-state index is 9.70. The molecule has 0 spiro atoms. The molecule has 1 heterocycles. The van der Waals surface area contributed by atoms with Gasteiger partial charge in [-0.05, 0) is 6.92 Å². The average molecular weight is 314 g/mol. The van der Waals surface area contributed by atoms with Crippen LogP contribution in [-0.2, 0) is 13.9 Å². The van der Waals surface area contributed by atoms with Crippen LogP contribution in [0.25, 0.3) is 0 Å². The third kappa shape index (κ3) is 30.1. The maximum Gasteiger partial charge on any atom is 0.216 e. The number of aromatic nitrogens is 4. The lowest BCUT2D eigenvalue weighted by molar-refractivity contribution is -0.274. The van der Waals surface area contributed by atoms with Crippen molar-refractivity contribution in [2.45, 2.75) is 36.1 Å². The van der Waals surface area contributed by atoms with E-state index < -0.39 is 0 Å². The number of carbonyl (C=O) groups excluding carboxylic acids is 1. The summed E-state index contributed by atoms with van der Waals surface area (Å²) in [6, 6.07) is 0. The molecular weight excluding hydrogens is 284 g/mol. The summed E-state index contributed by atoms with van der Waals surface area (Å²) in [6.45, 7) is 3.24. The highest BCUT2D eigenvalue weighted by Crippen LogP contribution is 1.83. The van der Waals surface area contributed by atoms with Gasteiger partial charge in [0.1, 0.15) is 0 Å². The van der Waals surface area contributed by atoms with E-state index in [-0.39, 0.29) is 28.2 Å². The topological polar surface area (TPSA) is 105 Å². The van der Waals surface area contributed by atoms with E-state index in [0.29, 0.717) is 5.82 Å². The van der Waals surface area contributed by atoms with Crippen LogP contribution >= 0.6 is 12.9 Å². The molecule has 0 saturated heterocycles. The van der Waals surface area contributed by atoms with Crippen molar-refractivity contribution in [2.75, 3.05) is 21.2 Å². The summed E-state index contributed by atoms with van der Waals surface area (Å²) in [7, 11) is 4.67. The number of hydrogen-bond donors (Lipinski definition) is 3. The van der Waals surface area contributed by atoms with Gasteiger partial charge in [-0.3, -0.25) is 9.63 Å². The summed E-state index contributed by atoms with van der Waals surface area (Å²) in [5.41, 5.74) is 0. The molecule has 0 radical (unpaired) electrons. The summed E-state index contributed by atoms with van der Waals surface area (Å²) in [4.78, 5) is 14.1. The molecule has 0 aromatic carbocycles. The fourth-order valence-electron chi connectivity index (χ4n) is 0.245. The van der Waals surface area contributed by atoms with Crippen LogP contribution in [0.15, 0.2) is 0 Å². The number of H-pyrrole nitrogens is 1. The maximum atomic E-state index is 9.70. The molecule has 0 aliphatic heterocycles. The van der Waals surface area contributed by atoms with Crippen molar-refractivity contribution in [2.24, 2.45) is 0 Å². The van der Waals surface area contributed by atoms with Gasteiger partial charge >= 0.3 is 0 Å². The molecule has 0 fully saturated rings. The van der Waals surface area contributed by atoms with Crippen LogP contribution < -0.4 is 5.32 Å². The summed E-state index contributed by atoms with van der Waals surface area (Å²) >= 11 is 3.40. The lowest BCUT2D eigenvalue weighted by atomic mass is 10.7. The van der Waals surface area contributed by atoms with Gasteiger partial charge in [-0.15, -0.1) is 10.2 Å². The Hall–Kier alpha value is -1.23. The van der Waals surface area contributed by atoms with Gasteiger partial charge in [0.05, 0.1) is 7.11 Å². The molecule has 10 heteroatoms. The second-order valence-corrected chi connectivity index (χ2v) is 2.63. The van der Waals surface area contributed by atoms with Crippen LogP contribution in [0.1, 0.15) is 35.0 Å². The van der Waals surface area contributed by atoms with E-state index in [1.165, 1.54) is 14.0 Å². The Morgan fingerprint density at radius 2 is 1.85 bits per heavy atom. The van der Waals surface area contributed by atoms with Crippen LogP contribution in [0.3, 0.4) is 0 Å². The van der Waals surface area contributed by atoms with E-state index in [0.717, 1.165) is 5.23 Å². The second-order valence-electron chi connectivity index (χ2n) is 2.47. The predicted molar refractivity (Wildman–Crippen MR) is 83.7 cm³/mol. The average Bonchev–Trinajstić information content (AvgIpc) is 2.80. The SMILES string of the molecule is C.C.C.CNC(C)=O.CON(C)OS.Cc1nn[nH]n1. The Bertz CT molecular complexity index is 270. The first-order chi connectivity index (χ1) is 7.97. The summed E-state index contributed by atoms with van der Waals surface area (Å²) in [6.07, 6.45) is 0. The van der Waals surface area contributed by atoms with Gasteiger partial charge in [-0.2, -0.15) is 5.21 Å². The first-order valence-electron chi connectivity index (χ1n) is 4.45. The molecule has 0 atom stereocenters. The first kappa shape index (κ1) is 31.3. The number of hydroxylamine groups is 2. The molecule has 2 N–H and O–H groups in total. The minimum Gasteiger partial charge on any atom is -0.359 e. The predicted octanol–water partition coefficient (Wildman–Crippen LogP) is 1.42. The fourth-order valence-corrected chi connectivity index (χ4v) is 0.312. The number of tetrazole rings is 1. The van der Waals surface area contributed by atoms with Gasteiger partial charge < -0.3 is 5.32 Å². The minimum absolute atomic E-state index is 0. The minimum atomic E-state index is 0. The normalized spacial score (nSPS) is 7.35. The van der Waals surface area contributed by atoms with Gasteiger partial charge in [0.2, 0.25) is 5.91 Å². The highest BCUT2D eigenvalue weighted by Gasteiger charge is 1.83. The lowest BCUT2D eigenvalue weighted by Gasteiger charge is -2.05. The Balaban J connectivity index is -0.0000000526. The van der Waals surface area contributed by atoms with Crippen LogP contribution in [0.2, 0.25) is 0 Å². The molecule has 0 bridgehead atoms. The zero-order valence-electron chi connectivity index (χ0n) is 10.5. The monoisotopic (exact) mass is 314 g/mol. The smallest absolute Gasteiger partial charge is 0.216 e. The van der Waals surface area contributed by atoms with Gasteiger partial charge in [-0.1, -0.05) is 32.7 Å². The number of nitrogens with zero attached hydrogens (tertiary/aromatic N) is 4. The zero-order chi connectivity index (χ0) is 13.7. The number of aryl methyl sites for hydroxylation is 1. The van der Waals surface area contributed by atoms with Crippen LogP contribution in [0.5, 0.6) is 0 Å². The number of aromatic amines is 1. The van der Waals surface area contributed by atoms with Gasteiger partial charge in [0.15, 0.2) is 5.82 Å². The Labute approximate surface area is 127 Å². The summed E-state index contributed by atoms with van der Waals surface area (Å²) in [5.74, 6) is 0.681. The number of amides is 1. The Morgan fingerprint density at radius 1 is 1.40 bits per heavy atom. The van der Waals surface area contributed by atoms with E-state index in [1.54, 1.807) is 21.0 Å². The Kier molecular flexibility index (Phi) is 35.8. The van der Waals surface area contributed by atoms with Crippen molar-refractivity contribution >= 4 is 18.8 Å². The van der Waals surface area contributed by atoms with Crippen LogP contribution in [-0.4, -0.2) is 53.0 Å². The molecule has 124 valence electrons. The molecule has 1 aromatic heterocycles. The molecule has 1 amide bonds. The lowest BCUT2D eigenvalue weighted by Crippen LogP contribution is -2.11. The number of carbonyl (C=O) groups is 1. The number of nitrogens with one attached hydrogen (secondary N) is 2. The van der Waals surface area contributed by atoms with Crippen molar-refractivity contribution in [1.82, 2.24) is 31.2 Å². The second kappa shape index (κ2) is 22.9. The molecule has 0 unspecified atom stereocenters. The van der Waals surface area contributed by atoms with Crippen molar-refractivity contribution in [3.63, 3.8) is 0 Å². The Morgan fingerprint density at radius 3 is 1.90 bits per heavy atom. The highest BCUT2D eigenvalue weighted by molar-refractivity contribution is 7.75. The van der Waals surface area contributed by atoms with E-state index in [1.807, 2.05) is 0 Å². The molecule has 0 saturated carbocycles. The molecule has 0 aliphatic carbocycles.